The Morgan fingerprint density at radius 2 is 2.00 bits per heavy atom. The van der Waals surface area contributed by atoms with Crippen LogP contribution in [0.1, 0.15) is 6.92 Å². The normalized spacial score (nSPS) is 10.2. The Labute approximate surface area is 110 Å². The van der Waals surface area contributed by atoms with Crippen molar-refractivity contribution < 1.29 is 9.13 Å². The number of ether oxygens (including phenoxy) is 1. The van der Waals surface area contributed by atoms with Gasteiger partial charge in [0.25, 0.3) is 0 Å². The third-order valence-electron chi connectivity index (χ3n) is 1.89. The Morgan fingerprint density at radius 3 is 2.47 bits per heavy atom. The van der Waals surface area contributed by atoms with Crippen LogP contribution in [0.25, 0.3) is 0 Å². The lowest BCUT2D eigenvalue weighted by atomic mass is 10.3. The highest BCUT2D eigenvalue weighted by atomic mass is 35.5. The predicted molar refractivity (Wildman–Crippen MR) is 68.9 cm³/mol. The number of pyridine rings is 1. The molecule has 0 radical (unpaired) electrons. The van der Waals surface area contributed by atoms with Gasteiger partial charge in [0.05, 0.1) is 5.69 Å². The molecule has 17 heavy (non-hydrogen) atoms. The Hall–Kier alpha value is -1.00. The van der Waals surface area contributed by atoms with Crippen molar-refractivity contribution in [1.82, 2.24) is 4.98 Å². The highest BCUT2D eigenvalue weighted by Crippen LogP contribution is 2.39. The van der Waals surface area contributed by atoms with E-state index in [1.807, 2.05) is 0 Å². The lowest BCUT2D eigenvalue weighted by Crippen LogP contribution is -2.13. The molecule has 0 atom stereocenters. The Bertz CT molecular complexity index is 450. The number of hydrogen-bond donors (Lipinski definition) is 0. The fourth-order valence-electron chi connectivity index (χ4n) is 1.16. The summed E-state index contributed by atoms with van der Waals surface area (Å²) in [5, 5.41) is 0.0605. The van der Waals surface area contributed by atoms with Gasteiger partial charge < -0.3 is 9.64 Å². The topological polar surface area (TPSA) is 25.4 Å². The summed E-state index contributed by atoms with van der Waals surface area (Å²) in [5.41, 5.74) is 1.13. The van der Waals surface area contributed by atoms with Crippen molar-refractivity contribution in [3.05, 3.63) is 28.1 Å². The van der Waals surface area contributed by atoms with E-state index in [1.54, 1.807) is 25.9 Å². The van der Waals surface area contributed by atoms with Crippen molar-refractivity contribution in [2.45, 2.75) is 6.92 Å². The quantitative estimate of drug-likeness (QED) is 0.622. The average molecular weight is 279 g/mol. The summed E-state index contributed by atoms with van der Waals surface area (Å²) in [7, 11) is 3.41. The second kappa shape index (κ2) is 5.56. The zero-order chi connectivity index (χ0) is 13.2. The highest BCUT2D eigenvalue weighted by molar-refractivity contribution is 6.39. The molecule has 1 rings (SSSR count). The van der Waals surface area contributed by atoms with E-state index in [9.17, 15) is 4.39 Å². The maximum Gasteiger partial charge on any atom is 0.237 e. The molecule has 1 aromatic rings. The van der Waals surface area contributed by atoms with Crippen LogP contribution in [0.15, 0.2) is 12.2 Å². The molecule has 1 aromatic heterocycles. The van der Waals surface area contributed by atoms with E-state index in [4.69, 9.17) is 27.9 Å². The predicted octanol–water partition coefficient (Wildman–Crippen LogP) is 3.55. The summed E-state index contributed by atoms with van der Waals surface area (Å²) < 4.78 is 18.7. The van der Waals surface area contributed by atoms with Crippen LogP contribution >= 0.6 is 23.2 Å². The number of halogens is 3. The van der Waals surface area contributed by atoms with Crippen LogP contribution in [-0.4, -0.2) is 25.7 Å². The van der Waals surface area contributed by atoms with E-state index in [1.165, 1.54) is 0 Å². The molecule has 0 aliphatic carbocycles. The van der Waals surface area contributed by atoms with Crippen molar-refractivity contribution in [2.75, 3.05) is 25.6 Å². The summed E-state index contributed by atoms with van der Waals surface area (Å²) in [6, 6.07) is 0. The van der Waals surface area contributed by atoms with E-state index in [0.717, 1.165) is 5.57 Å². The highest BCUT2D eigenvalue weighted by Gasteiger charge is 2.20. The summed E-state index contributed by atoms with van der Waals surface area (Å²) in [6.07, 6.45) is 0. The van der Waals surface area contributed by atoms with Gasteiger partial charge in [-0.1, -0.05) is 29.8 Å². The van der Waals surface area contributed by atoms with Gasteiger partial charge in [0.2, 0.25) is 11.8 Å². The molecule has 0 bridgehead atoms. The maximum atomic E-state index is 13.5. The number of rotatable bonds is 4. The molecule has 0 saturated carbocycles. The molecule has 0 aliphatic heterocycles. The van der Waals surface area contributed by atoms with E-state index in [0.29, 0.717) is 5.69 Å². The van der Waals surface area contributed by atoms with E-state index in [2.05, 4.69) is 11.6 Å². The molecule has 0 amide bonds. The molecule has 1 heterocycles. The Balaban J connectivity index is 3.19. The molecule has 3 nitrogen and oxygen atoms in total. The monoisotopic (exact) mass is 278 g/mol. The molecular formula is C11H13Cl2FN2O. The van der Waals surface area contributed by atoms with Crippen LogP contribution in [0.3, 0.4) is 0 Å². The van der Waals surface area contributed by atoms with Gasteiger partial charge in [-0.2, -0.15) is 9.37 Å². The minimum atomic E-state index is -0.809. The summed E-state index contributed by atoms with van der Waals surface area (Å²) >= 11 is 11.8. The first-order chi connectivity index (χ1) is 7.84. The fraction of sp³-hybridized carbons (Fsp3) is 0.364. The lowest BCUT2D eigenvalue weighted by molar-refractivity contribution is 0.333. The van der Waals surface area contributed by atoms with Gasteiger partial charge in [-0.05, 0) is 12.5 Å². The molecule has 0 N–H and O–H groups in total. The standard InChI is InChI=1S/C11H13Cl2FN2O/c1-6(2)5-17-11-8(13)9(16(3)4)7(12)10(14)15-11/h1,5H2,2-4H3. The molecule has 0 fully saturated rings. The SMILES string of the molecule is C=C(C)COc1nc(F)c(Cl)c(N(C)C)c1Cl. The second-order valence-corrected chi connectivity index (χ2v) is 4.58. The van der Waals surface area contributed by atoms with Crippen LogP contribution < -0.4 is 9.64 Å². The van der Waals surface area contributed by atoms with Gasteiger partial charge in [-0.25, -0.2) is 0 Å². The van der Waals surface area contributed by atoms with Crippen molar-refractivity contribution in [3.63, 3.8) is 0 Å². The summed E-state index contributed by atoms with van der Waals surface area (Å²) in [5.74, 6) is -0.795. The maximum absolute atomic E-state index is 13.5. The van der Waals surface area contributed by atoms with Crippen LogP contribution in [0.2, 0.25) is 10.0 Å². The number of hydrogen-bond acceptors (Lipinski definition) is 3. The third-order valence-corrected chi connectivity index (χ3v) is 2.56. The minimum absolute atomic E-state index is 0.0141. The van der Waals surface area contributed by atoms with Gasteiger partial charge >= 0.3 is 0 Å². The van der Waals surface area contributed by atoms with E-state index < -0.39 is 5.95 Å². The van der Waals surface area contributed by atoms with E-state index in [-0.39, 0.29) is 22.5 Å². The largest absolute Gasteiger partial charge is 0.472 e. The van der Waals surface area contributed by atoms with Crippen LogP contribution in [0, 0.1) is 5.95 Å². The fourth-order valence-corrected chi connectivity index (χ4v) is 1.88. The number of aromatic nitrogens is 1. The number of nitrogens with zero attached hydrogens (tertiary/aromatic N) is 2. The van der Waals surface area contributed by atoms with Gasteiger partial charge in [0, 0.05) is 14.1 Å². The Kier molecular flexibility index (Phi) is 4.60. The van der Waals surface area contributed by atoms with Gasteiger partial charge in [-0.3, -0.25) is 0 Å². The Morgan fingerprint density at radius 1 is 1.41 bits per heavy atom. The van der Waals surface area contributed by atoms with Crippen molar-refractivity contribution in [1.29, 1.82) is 0 Å². The molecule has 0 spiro atoms. The summed E-state index contributed by atoms with van der Waals surface area (Å²) in [6.45, 7) is 5.68. The smallest absolute Gasteiger partial charge is 0.237 e. The van der Waals surface area contributed by atoms with Gasteiger partial charge in [-0.15, -0.1) is 0 Å². The molecule has 6 heteroatoms. The van der Waals surface area contributed by atoms with Crippen molar-refractivity contribution in [3.8, 4) is 5.88 Å². The molecule has 94 valence electrons. The third kappa shape index (κ3) is 3.23. The first-order valence-electron chi connectivity index (χ1n) is 4.83. The zero-order valence-electron chi connectivity index (χ0n) is 9.85. The van der Waals surface area contributed by atoms with Crippen molar-refractivity contribution in [2.24, 2.45) is 0 Å². The molecular weight excluding hydrogens is 266 g/mol. The van der Waals surface area contributed by atoms with E-state index >= 15 is 0 Å². The molecule has 0 unspecified atom stereocenters. The van der Waals surface area contributed by atoms with Gasteiger partial charge in [0.15, 0.2) is 0 Å². The van der Waals surface area contributed by atoms with Crippen LogP contribution in [0.5, 0.6) is 5.88 Å². The molecule has 0 aromatic carbocycles. The van der Waals surface area contributed by atoms with Crippen LogP contribution in [-0.2, 0) is 0 Å². The minimum Gasteiger partial charge on any atom is -0.472 e. The first-order valence-corrected chi connectivity index (χ1v) is 5.59. The number of anilines is 1. The zero-order valence-corrected chi connectivity index (χ0v) is 11.4. The van der Waals surface area contributed by atoms with Crippen molar-refractivity contribution >= 4 is 28.9 Å². The first kappa shape index (κ1) is 14.1. The second-order valence-electron chi connectivity index (χ2n) is 3.82. The summed E-state index contributed by atoms with van der Waals surface area (Å²) in [4.78, 5) is 5.17. The van der Waals surface area contributed by atoms with Crippen LogP contribution in [0.4, 0.5) is 10.1 Å². The lowest BCUT2D eigenvalue weighted by Gasteiger charge is -2.18. The van der Waals surface area contributed by atoms with Gasteiger partial charge in [0.1, 0.15) is 16.7 Å². The molecule has 0 aliphatic rings. The average Bonchev–Trinajstić information content (AvgIpc) is 2.21. The molecule has 0 saturated heterocycles.